The summed E-state index contributed by atoms with van der Waals surface area (Å²) in [5.41, 5.74) is 1.90. The van der Waals surface area contributed by atoms with E-state index in [1.807, 2.05) is 0 Å². The van der Waals surface area contributed by atoms with Gasteiger partial charge in [-0.2, -0.15) is 0 Å². The molecule has 3 N–H and O–H groups in total. The van der Waals surface area contributed by atoms with E-state index in [0.717, 1.165) is 0 Å². The van der Waals surface area contributed by atoms with Gasteiger partial charge in [0.15, 0.2) is 5.70 Å². The number of hydrogen-bond acceptors (Lipinski definition) is 6. The Morgan fingerprint density at radius 1 is 1.30 bits per heavy atom. The molecule has 1 aliphatic heterocycles. The molecule has 0 radical (unpaired) electrons. The van der Waals surface area contributed by atoms with Gasteiger partial charge in [0, 0.05) is 11.0 Å². The van der Waals surface area contributed by atoms with E-state index in [-0.39, 0.29) is 22.8 Å². The minimum absolute atomic E-state index is 0.0771. The lowest BCUT2D eigenvalue weighted by Crippen LogP contribution is -2.19. The van der Waals surface area contributed by atoms with E-state index in [1.165, 1.54) is 35.2 Å². The molecule has 1 atom stereocenters. The lowest BCUT2D eigenvalue weighted by molar-refractivity contribution is -0.138. The Balaban J connectivity index is 2.03. The van der Waals surface area contributed by atoms with Crippen LogP contribution in [0, 0.1) is 0 Å². The van der Waals surface area contributed by atoms with Crippen LogP contribution < -0.4 is 9.86 Å². The number of benzene rings is 1. The second kappa shape index (κ2) is 6.94. The summed E-state index contributed by atoms with van der Waals surface area (Å²) >= 11 is -1.22. The summed E-state index contributed by atoms with van der Waals surface area (Å²) in [5.74, 6) is -0.953. The van der Waals surface area contributed by atoms with Crippen molar-refractivity contribution in [3.05, 3.63) is 40.9 Å². The van der Waals surface area contributed by atoms with Crippen LogP contribution in [0.25, 0.3) is 0 Å². The molecular weight excluding hydrogens is 342 g/mol. The molecule has 0 saturated heterocycles. The Morgan fingerprint density at radius 2 is 1.96 bits per heavy atom. The number of hydrogen-bond donors (Lipinski definition) is 3. The summed E-state index contributed by atoms with van der Waals surface area (Å²) in [6.45, 7) is 1.93. The van der Waals surface area contributed by atoms with Crippen LogP contribution in [0.4, 0.5) is 0 Å². The van der Waals surface area contributed by atoms with Gasteiger partial charge in [0.1, 0.15) is 0 Å². The molecule has 1 aromatic rings. The zero-order valence-electron chi connectivity index (χ0n) is 12.1. The Labute approximate surface area is 135 Å². The van der Waals surface area contributed by atoms with Crippen LogP contribution in [-0.4, -0.2) is 32.4 Å². The van der Waals surface area contributed by atoms with Crippen molar-refractivity contribution >= 4 is 38.5 Å². The third kappa shape index (κ3) is 4.41. The third-order valence-electron chi connectivity index (χ3n) is 2.74. The van der Waals surface area contributed by atoms with Crippen molar-refractivity contribution in [2.75, 3.05) is 6.61 Å². The Hall–Kier alpha value is -2.17. The highest BCUT2D eigenvalue weighted by Crippen LogP contribution is 2.28. The topological polar surface area (TPSA) is 128 Å². The van der Waals surface area contributed by atoms with Crippen LogP contribution in [-0.2, 0) is 19.6 Å². The molecular formula is C13H15N3O5S2. The summed E-state index contributed by atoms with van der Waals surface area (Å²) < 4.78 is 29.8. The largest absolute Gasteiger partial charge is 0.461 e. The maximum atomic E-state index is 12.1. The van der Waals surface area contributed by atoms with Crippen molar-refractivity contribution in [2.24, 2.45) is 10.1 Å². The van der Waals surface area contributed by atoms with Crippen LogP contribution in [0.1, 0.15) is 17.3 Å². The molecule has 0 aromatic heterocycles. The SMILES string of the molecule is CCOC(=O)C1=C[SH](NC(=O)c2ccc(S(N)(=O)=O)cc2)C=N1. The third-order valence-corrected chi connectivity index (χ3v) is 5.02. The average Bonchev–Trinajstić information content (AvgIpc) is 2.95. The number of nitrogens with zero attached hydrogens (tertiary/aromatic N) is 1. The number of primary sulfonamides is 1. The van der Waals surface area contributed by atoms with Gasteiger partial charge in [-0.3, -0.25) is 4.79 Å². The number of carbonyl (C=O) groups excluding carboxylic acids is 2. The van der Waals surface area contributed by atoms with Crippen molar-refractivity contribution in [2.45, 2.75) is 11.8 Å². The molecule has 2 rings (SSSR count). The first-order valence-corrected chi connectivity index (χ1v) is 9.49. The van der Waals surface area contributed by atoms with Crippen LogP contribution in [0.5, 0.6) is 0 Å². The highest BCUT2D eigenvalue weighted by Gasteiger charge is 2.18. The lowest BCUT2D eigenvalue weighted by atomic mass is 10.2. The molecule has 1 unspecified atom stereocenters. The molecule has 0 spiro atoms. The fourth-order valence-electron chi connectivity index (χ4n) is 1.67. The highest BCUT2D eigenvalue weighted by atomic mass is 32.2. The Morgan fingerprint density at radius 3 is 2.52 bits per heavy atom. The molecule has 8 nitrogen and oxygen atoms in total. The smallest absolute Gasteiger partial charge is 0.357 e. The van der Waals surface area contributed by atoms with Crippen LogP contribution in [0.2, 0.25) is 0 Å². The number of aliphatic imine (C=N–C) groups is 1. The molecule has 10 heteroatoms. The fraction of sp³-hybridized carbons (Fsp3) is 0.154. The number of nitrogens with two attached hydrogens (primary N) is 1. The van der Waals surface area contributed by atoms with E-state index in [1.54, 1.807) is 6.92 Å². The first kappa shape index (κ1) is 17.2. The number of sulfonamides is 1. The second-order valence-corrected chi connectivity index (χ2v) is 7.49. The standard InChI is InChI=1S/C13H15N3O5S2/c1-2-21-13(18)11-7-22(8-15-11)16-12(17)9-3-5-10(6-4-9)23(14,19)20/h3-8,22H,2H2,1H3,(H,16,17)(H2,14,19,20). The molecule has 1 aliphatic rings. The van der Waals surface area contributed by atoms with Gasteiger partial charge in [0.2, 0.25) is 10.0 Å². The number of nitrogens with one attached hydrogen (secondary N) is 1. The molecule has 124 valence electrons. The Kier molecular flexibility index (Phi) is 5.19. The van der Waals surface area contributed by atoms with Gasteiger partial charge in [-0.1, -0.05) is 0 Å². The molecule has 1 amide bonds. The van der Waals surface area contributed by atoms with Crippen molar-refractivity contribution in [3.8, 4) is 0 Å². The maximum Gasteiger partial charge on any atom is 0.357 e. The van der Waals surface area contributed by atoms with Gasteiger partial charge in [0.05, 0.1) is 17.0 Å². The van der Waals surface area contributed by atoms with E-state index in [2.05, 4.69) is 9.71 Å². The molecule has 1 aromatic carbocycles. The van der Waals surface area contributed by atoms with E-state index < -0.39 is 33.0 Å². The summed E-state index contributed by atoms with van der Waals surface area (Å²) in [6.07, 6.45) is 0. The van der Waals surface area contributed by atoms with Gasteiger partial charge in [0.25, 0.3) is 5.91 Å². The normalized spacial score (nSPS) is 18.3. The van der Waals surface area contributed by atoms with Crippen molar-refractivity contribution in [1.29, 1.82) is 0 Å². The molecule has 1 heterocycles. The van der Waals surface area contributed by atoms with Crippen LogP contribution in [0.3, 0.4) is 0 Å². The zero-order valence-corrected chi connectivity index (χ0v) is 13.8. The first-order valence-electron chi connectivity index (χ1n) is 6.46. The number of thiol groups is 1. The lowest BCUT2D eigenvalue weighted by Gasteiger charge is -2.11. The fourth-order valence-corrected chi connectivity index (χ4v) is 3.42. The maximum absolute atomic E-state index is 12.1. The minimum Gasteiger partial charge on any atom is -0.461 e. The van der Waals surface area contributed by atoms with Gasteiger partial charge in [-0.15, -0.1) is 11.1 Å². The summed E-state index contributed by atoms with van der Waals surface area (Å²) in [7, 11) is -3.80. The van der Waals surface area contributed by atoms with Crippen LogP contribution in [0.15, 0.2) is 45.3 Å². The summed E-state index contributed by atoms with van der Waals surface area (Å²) in [6, 6.07) is 5.21. The predicted molar refractivity (Wildman–Crippen MR) is 87.5 cm³/mol. The number of carbonyl (C=O) groups is 2. The van der Waals surface area contributed by atoms with E-state index in [4.69, 9.17) is 9.88 Å². The number of ether oxygens (including phenoxy) is 1. The zero-order chi connectivity index (χ0) is 17.0. The molecule has 0 aliphatic carbocycles. The molecule has 0 fully saturated rings. The second-order valence-electron chi connectivity index (χ2n) is 4.40. The van der Waals surface area contributed by atoms with Gasteiger partial charge >= 0.3 is 5.97 Å². The van der Waals surface area contributed by atoms with E-state index >= 15 is 0 Å². The van der Waals surface area contributed by atoms with Gasteiger partial charge < -0.3 is 9.46 Å². The van der Waals surface area contributed by atoms with E-state index in [0.29, 0.717) is 0 Å². The average molecular weight is 357 g/mol. The quantitative estimate of drug-likeness (QED) is 0.520. The van der Waals surface area contributed by atoms with E-state index in [9.17, 15) is 18.0 Å². The van der Waals surface area contributed by atoms with Crippen LogP contribution >= 0.6 is 11.1 Å². The van der Waals surface area contributed by atoms with Crippen molar-refractivity contribution in [3.63, 3.8) is 0 Å². The summed E-state index contributed by atoms with van der Waals surface area (Å²) in [4.78, 5) is 27.4. The number of rotatable bonds is 5. The summed E-state index contributed by atoms with van der Waals surface area (Å²) in [5, 5.41) is 6.52. The molecule has 23 heavy (non-hydrogen) atoms. The van der Waals surface area contributed by atoms with Gasteiger partial charge in [-0.25, -0.2) is 23.3 Å². The molecule has 0 bridgehead atoms. The van der Waals surface area contributed by atoms with Crippen molar-refractivity contribution in [1.82, 2.24) is 4.72 Å². The van der Waals surface area contributed by atoms with Crippen molar-refractivity contribution < 1.29 is 22.7 Å². The highest BCUT2D eigenvalue weighted by molar-refractivity contribution is 8.29. The molecule has 0 saturated carbocycles. The Bertz CT molecular complexity index is 784. The monoisotopic (exact) mass is 357 g/mol. The first-order chi connectivity index (χ1) is 10.8. The number of amides is 1. The van der Waals surface area contributed by atoms with Gasteiger partial charge in [-0.05, 0) is 31.2 Å². The predicted octanol–water partition coefficient (Wildman–Crippen LogP) is 0.426. The number of esters is 1. The minimum atomic E-state index is -3.80.